The molecule has 0 bridgehead atoms. The lowest BCUT2D eigenvalue weighted by Crippen LogP contribution is -2.38. The van der Waals surface area contributed by atoms with E-state index >= 15 is 0 Å². The van der Waals surface area contributed by atoms with Gasteiger partial charge in [-0.25, -0.2) is 0 Å². The Labute approximate surface area is 145 Å². The zero-order valence-corrected chi connectivity index (χ0v) is 14.3. The van der Waals surface area contributed by atoms with Gasteiger partial charge in [-0.1, -0.05) is 26.2 Å². The highest BCUT2D eigenvalue weighted by molar-refractivity contribution is 5.94. The van der Waals surface area contributed by atoms with E-state index in [4.69, 9.17) is 5.73 Å². The smallest absolute Gasteiger partial charge is 0.370 e. The van der Waals surface area contributed by atoms with Crippen molar-refractivity contribution in [3.63, 3.8) is 0 Å². The number of unbranched alkanes of at least 4 members (excludes halogenated alkanes) is 3. The molecule has 0 spiro atoms. The lowest BCUT2D eigenvalue weighted by atomic mass is 10.1. The van der Waals surface area contributed by atoms with E-state index in [2.05, 4.69) is 22.5 Å². The largest absolute Gasteiger partial charge is 0.416 e. The monoisotopic (exact) mass is 358 g/mol. The maximum atomic E-state index is 12.5. The Morgan fingerprint density at radius 1 is 1.08 bits per heavy atom. The number of aliphatic imine (C=N–C) groups is 1. The minimum atomic E-state index is -4.41. The SMILES string of the molecule is CCCCCCN=C(N)NCCNC(=O)c1ccc(C(F)(F)F)cc1. The summed E-state index contributed by atoms with van der Waals surface area (Å²) in [6.07, 6.45) is 0.0403. The fourth-order valence-corrected chi connectivity index (χ4v) is 2.07. The summed E-state index contributed by atoms with van der Waals surface area (Å²) in [4.78, 5) is 16.0. The third-order valence-corrected chi connectivity index (χ3v) is 3.48. The van der Waals surface area contributed by atoms with Crippen molar-refractivity contribution in [1.82, 2.24) is 10.6 Å². The minimum Gasteiger partial charge on any atom is -0.370 e. The number of hydrogen-bond acceptors (Lipinski definition) is 2. The maximum absolute atomic E-state index is 12.5. The van der Waals surface area contributed by atoms with Crippen molar-refractivity contribution in [1.29, 1.82) is 0 Å². The van der Waals surface area contributed by atoms with Crippen molar-refractivity contribution in [2.24, 2.45) is 10.7 Å². The standard InChI is InChI=1S/C17H25F3N4O/c1-2-3-4-5-10-23-16(21)24-12-11-22-15(25)13-6-8-14(9-7-13)17(18,19)20/h6-9H,2-5,10-12H2,1H3,(H,22,25)(H3,21,23,24). The highest BCUT2D eigenvalue weighted by atomic mass is 19.4. The number of nitrogens with two attached hydrogens (primary N) is 1. The molecule has 5 nitrogen and oxygen atoms in total. The molecule has 0 radical (unpaired) electrons. The van der Waals surface area contributed by atoms with Gasteiger partial charge in [-0.3, -0.25) is 9.79 Å². The first-order chi connectivity index (χ1) is 11.8. The van der Waals surface area contributed by atoms with Crippen molar-refractivity contribution in [3.8, 4) is 0 Å². The topological polar surface area (TPSA) is 79.5 Å². The van der Waals surface area contributed by atoms with Gasteiger partial charge in [0.05, 0.1) is 5.56 Å². The predicted octanol–water partition coefficient (Wildman–Crippen LogP) is 2.92. The Morgan fingerprint density at radius 3 is 2.32 bits per heavy atom. The number of hydrogen-bond donors (Lipinski definition) is 3. The molecular weight excluding hydrogens is 333 g/mol. The van der Waals surface area contributed by atoms with E-state index < -0.39 is 17.6 Å². The minimum absolute atomic E-state index is 0.172. The summed E-state index contributed by atoms with van der Waals surface area (Å²) < 4.78 is 37.4. The Morgan fingerprint density at radius 2 is 1.72 bits per heavy atom. The van der Waals surface area contributed by atoms with Crippen molar-refractivity contribution in [3.05, 3.63) is 35.4 Å². The van der Waals surface area contributed by atoms with Crippen LogP contribution in [0.5, 0.6) is 0 Å². The van der Waals surface area contributed by atoms with Gasteiger partial charge in [0, 0.05) is 25.2 Å². The molecule has 0 heterocycles. The highest BCUT2D eigenvalue weighted by Crippen LogP contribution is 2.28. The number of carbonyl (C=O) groups is 1. The van der Waals surface area contributed by atoms with E-state index in [0.29, 0.717) is 19.0 Å². The van der Waals surface area contributed by atoms with Crippen LogP contribution in [-0.2, 0) is 6.18 Å². The molecule has 0 aromatic heterocycles. The highest BCUT2D eigenvalue weighted by Gasteiger charge is 2.30. The van der Waals surface area contributed by atoms with E-state index in [1.807, 2.05) is 0 Å². The molecule has 1 amide bonds. The fourth-order valence-electron chi connectivity index (χ4n) is 2.07. The summed E-state index contributed by atoms with van der Waals surface area (Å²) in [7, 11) is 0. The second-order valence-electron chi connectivity index (χ2n) is 5.59. The van der Waals surface area contributed by atoms with Gasteiger partial charge in [0.2, 0.25) is 0 Å². The van der Waals surface area contributed by atoms with Gasteiger partial charge < -0.3 is 16.4 Å². The summed E-state index contributed by atoms with van der Waals surface area (Å²) >= 11 is 0. The van der Waals surface area contributed by atoms with E-state index in [1.54, 1.807) is 0 Å². The Balaban J connectivity index is 2.27. The predicted molar refractivity (Wildman–Crippen MR) is 92.4 cm³/mol. The number of nitrogens with zero attached hydrogens (tertiary/aromatic N) is 1. The van der Waals surface area contributed by atoms with Crippen molar-refractivity contribution < 1.29 is 18.0 Å². The summed E-state index contributed by atoms with van der Waals surface area (Å²) in [6.45, 7) is 3.47. The molecule has 0 saturated carbocycles. The summed E-state index contributed by atoms with van der Waals surface area (Å²) in [5.74, 6) is -0.120. The summed E-state index contributed by atoms with van der Waals surface area (Å²) in [6, 6.07) is 4.07. The van der Waals surface area contributed by atoms with Crippen LogP contribution >= 0.6 is 0 Å². The second-order valence-corrected chi connectivity index (χ2v) is 5.59. The molecule has 140 valence electrons. The molecular formula is C17H25F3N4O. The molecule has 0 aliphatic heterocycles. The average Bonchev–Trinajstić information content (AvgIpc) is 2.57. The van der Waals surface area contributed by atoms with Gasteiger partial charge >= 0.3 is 6.18 Å². The van der Waals surface area contributed by atoms with Crippen LogP contribution in [0.1, 0.15) is 48.5 Å². The average molecular weight is 358 g/mol. The van der Waals surface area contributed by atoms with Crippen LogP contribution in [0.3, 0.4) is 0 Å². The molecule has 0 atom stereocenters. The lowest BCUT2D eigenvalue weighted by molar-refractivity contribution is -0.137. The number of carbonyl (C=O) groups excluding carboxylic acids is 1. The van der Waals surface area contributed by atoms with Crippen molar-refractivity contribution in [2.75, 3.05) is 19.6 Å². The number of amides is 1. The van der Waals surface area contributed by atoms with Crippen LogP contribution in [0.2, 0.25) is 0 Å². The second kappa shape index (κ2) is 10.6. The van der Waals surface area contributed by atoms with E-state index in [1.165, 1.54) is 6.42 Å². The summed E-state index contributed by atoms with van der Waals surface area (Å²) in [5.41, 5.74) is 5.08. The molecule has 0 aliphatic rings. The molecule has 0 saturated heterocycles. The molecule has 1 aromatic rings. The first kappa shape index (κ1) is 20.8. The number of rotatable bonds is 9. The number of guanidine groups is 1. The lowest BCUT2D eigenvalue weighted by Gasteiger charge is -2.09. The fraction of sp³-hybridized carbons (Fsp3) is 0.529. The van der Waals surface area contributed by atoms with Gasteiger partial charge in [-0.05, 0) is 30.7 Å². The van der Waals surface area contributed by atoms with E-state index in [-0.39, 0.29) is 12.1 Å². The molecule has 1 aromatic carbocycles. The van der Waals surface area contributed by atoms with Crippen LogP contribution in [0.25, 0.3) is 0 Å². The van der Waals surface area contributed by atoms with Gasteiger partial charge in [0.25, 0.3) is 5.91 Å². The number of alkyl halides is 3. The van der Waals surface area contributed by atoms with Gasteiger partial charge in [0.15, 0.2) is 5.96 Å². The molecule has 1 rings (SSSR count). The van der Waals surface area contributed by atoms with E-state index in [9.17, 15) is 18.0 Å². The quantitative estimate of drug-likeness (QED) is 0.361. The van der Waals surface area contributed by atoms with E-state index in [0.717, 1.165) is 43.5 Å². The molecule has 0 aliphatic carbocycles. The van der Waals surface area contributed by atoms with Crippen LogP contribution < -0.4 is 16.4 Å². The van der Waals surface area contributed by atoms with Crippen LogP contribution in [0.15, 0.2) is 29.3 Å². The Kier molecular flexibility index (Phi) is 8.80. The molecule has 25 heavy (non-hydrogen) atoms. The number of benzene rings is 1. The number of halogens is 3. The molecule has 0 unspecified atom stereocenters. The van der Waals surface area contributed by atoms with Gasteiger partial charge in [-0.15, -0.1) is 0 Å². The zero-order chi connectivity index (χ0) is 18.7. The van der Waals surface area contributed by atoms with Gasteiger partial charge in [0.1, 0.15) is 0 Å². The van der Waals surface area contributed by atoms with Gasteiger partial charge in [-0.2, -0.15) is 13.2 Å². The first-order valence-corrected chi connectivity index (χ1v) is 8.34. The molecule has 0 fully saturated rings. The van der Waals surface area contributed by atoms with Crippen LogP contribution in [0.4, 0.5) is 13.2 Å². The Hall–Kier alpha value is -2.25. The molecule has 4 N–H and O–H groups in total. The molecule has 8 heteroatoms. The zero-order valence-electron chi connectivity index (χ0n) is 14.3. The third kappa shape index (κ3) is 8.42. The number of nitrogens with one attached hydrogen (secondary N) is 2. The third-order valence-electron chi connectivity index (χ3n) is 3.48. The van der Waals surface area contributed by atoms with Crippen LogP contribution in [-0.4, -0.2) is 31.5 Å². The maximum Gasteiger partial charge on any atom is 0.416 e. The van der Waals surface area contributed by atoms with Crippen LogP contribution in [0, 0.1) is 0 Å². The first-order valence-electron chi connectivity index (χ1n) is 8.34. The van der Waals surface area contributed by atoms with Crippen molar-refractivity contribution >= 4 is 11.9 Å². The summed E-state index contributed by atoms with van der Waals surface area (Å²) in [5, 5.41) is 5.48. The van der Waals surface area contributed by atoms with Crippen molar-refractivity contribution in [2.45, 2.75) is 38.8 Å². The Bertz CT molecular complexity index is 556. The normalized spacial score (nSPS) is 12.1.